The third kappa shape index (κ3) is 6.21. The molecule has 1 atom stereocenters. The SMILES string of the molecule is CCOC(=O)NC(=S)Nc1ccccc1NC(=O)C(C)N(C)C. The van der Waals surface area contributed by atoms with Gasteiger partial charge in [-0.3, -0.25) is 15.0 Å². The normalized spacial score (nSPS) is 11.5. The average molecular weight is 338 g/mol. The van der Waals surface area contributed by atoms with Gasteiger partial charge in [0.15, 0.2) is 5.11 Å². The largest absolute Gasteiger partial charge is 0.450 e. The predicted octanol–water partition coefficient (Wildman–Crippen LogP) is 2.02. The first-order valence-electron chi connectivity index (χ1n) is 7.16. The predicted molar refractivity (Wildman–Crippen MR) is 94.6 cm³/mol. The number of rotatable bonds is 5. The summed E-state index contributed by atoms with van der Waals surface area (Å²) in [7, 11) is 3.65. The number of para-hydroxylation sites is 2. The lowest BCUT2D eigenvalue weighted by molar-refractivity contribution is -0.119. The number of likely N-dealkylation sites (N-methyl/N-ethyl adjacent to an activating group) is 1. The maximum absolute atomic E-state index is 12.2. The number of nitrogens with zero attached hydrogens (tertiary/aromatic N) is 1. The number of anilines is 2. The topological polar surface area (TPSA) is 82.7 Å². The minimum Gasteiger partial charge on any atom is -0.450 e. The first-order valence-corrected chi connectivity index (χ1v) is 7.57. The molecule has 0 heterocycles. The summed E-state index contributed by atoms with van der Waals surface area (Å²) in [6.45, 7) is 3.76. The molecule has 126 valence electrons. The summed E-state index contributed by atoms with van der Waals surface area (Å²) in [5, 5.41) is 8.17. The molecular formula is C15H22N4O3S. The minimum absolute atomic E-state index is 0.0887. The van der Waals surface area contributed by atoms with Crippen molar-refractivity contribution in [2.45, 2.75) is 19.9 Å². The van der Waals surface area contributed by atoms with Gasteiger partial charge in [0.2, 0.25) is 5.91 Å². The van der Waals surface area contributed by atoms with E-state index in [1.807, 2.05) is 14.1 Å². The Labute approximate surface area is 141 Å². The van der Waals surface area contributed by atoms with Crippen molar-refractivity contribution in [1.29, 1.82) is 0 Å². The van der Waals surface area contributed by atoms with Crippen molar-refractivity contribution >= 4 is 40.7 Å². The number of alkyl carbamates (subject to hydrolysis) is 1. The Balaban J connectivity index is 2.76. The van der Waals surface area contributed by atoms with Gasteiger partial charge in [0.05, 0.1) is 24.0 Å². The van der Waals surface area contributed by atoms with Gasteiger partial charge in [-0.25, -0.2) is 4.79 Å². The molecule has 1 unspecified atom stereocenters. The summed E-state index contributed by atoms with van der Waals surface area (Å²) in [5.41, 5.74) is 1.15. The lowest BCUT2D eigenvalue weighted by Gasteiger charge is -2.20. The van der Waals surface area contributed by atoms with E-state index >= 15 is 0 Å². The van der Waals surface area contributed by atoms with Crippen LogP contribution < -0.4 is 16.0 Å². The van der Waals surface area contributed by atoms with Crippen LogP contribution in [0.4, 0.5) is 16.2 Å². The first-order chi connectivity index (χ1) is 10.8. The van der Waals surface area contributed by atoms with Gasteiger partial charge in [-0.15, -0.1) is 0 Å². The Morgan fingerprint density at radius 2 is 1.78 bits per heavy atom. The molecule has 0 aromatic heterocycles. The van der Waals surface area contributed by atoms with Crippen molar-refractivity contribution in [3.63, 3.8) is 0 Å². The van der Waals surface area contributed by atoms with E-state index in [1.165, 1.54) is 0 Å². The van der Waals surface area contributed by atoms with Crippen LogP contribution in [0.2, 0.25) is 0 Å². The average Bonchev–Trinajstić information content (AvgIpc) is 2.48. The quantitative estimate of drug-likeness (QED) is 0.713. The zero-order valence-electron chi connectivity index (χ0n) is 13.7. The number of amides is 2. The highest BCUT2D eigenvalue weighted by atomic mass is 32.1. The van der Waals surface area contributed by atoms with Crippen molar-refractivity contribution in [2.24, 2.45) is 0 Å². The number of carbonyl (C=O) groups excluding carboxylic acids is 2. The summed E-state index contributed by atoms with van der Waals surface area (Å²) in [6.07, 6.45) is -0.632. The molecule has 0 saturated carbocycles. The van der Waals surface area contributed by atoms with Gasteiger partial charge in [0.25, 0.3) is 0 Å². The van der Waals surface area contributed by atoms with E-state index < -0.39 is 6.09 Å². The van der Waals surface area contributed by atoms with E-state index in [0.717, 1.165) is 0 Å². The molecule has 0 radical (unpaired) electrons. The molecule has 1 aromatic rings. The fraction of sp³-hybridized carbons (Fsp3) is 0.400. The maximum Gasteiger partial charge on any atom is 0.413 e. The number of ether oxygens (including phenoxy) is 1. The van der Waals surface area contributed by atoms with E-state index in [4.69, 9.17) is 17.0 Å². The van der Waals surface area contributed by atoms with E-state index in [2.05, 4.69) is 16.0 Å². The van der Waals surface area contributed by atoms with Gasteiger partial charge in [0, 0.05) is 0 Å². The van der Waals surface area contributed by atoms with Crippen molar-refractivity contribution in [1.82, 2.24) is 10.2 Å². The Hall–Kier alpha value is -2.19. The Morgan fingerprint density at radius 1 is 1.22 bits per heavy atom. The van der Waals surface area contributed by atoms with Crippen molar-refractivity contribution in [2.75, 3.05) is 31.3 Å². The second kappa shape index (κ2) is 9.06. The number of hydrogen-bond donors (Lipinski definition) is 3. The molecule has 0 aliphatic rings. The van der Waals surface area contributed by atoms with Crippen LogP contribution in [0.5, 0.6) is 0 Å². The molecule has 0 aliphatic heterocycles. The van der Waals surface area contributed by atoms with Gasteiger partial charge in [-0.2, -0.15) is 0 Å². The number of thiocarbonyl (C=S) groups is 1. The first kappa shape index (κ1) is 18.9. The second-order valence-corrected chi connectivity index (χ2v) is 5.38. The summed E-state index contributed by atoms with van der Waals surface area (Å²) in [4.78, 5) is 25.3. The van der Waals surface area contributed by atoms with E-state index in [1.54, 1.807) is 43.0 Å². The van der Waals surface area contributed by atoms with Crippen molar-refractivity contribution < 1.29 is 14.3 Å². The zero-order chi connectivity index (χ0) is 17.4. The molecular weight excluding hydrogens is 316 g/mol. The lowest BCUT2D eigenvalue weighted by Crippen LogP contribution is -2.37. The van der Waals surface area contributed by atoms with Gasteiger partial charge in [0.1, 0.15) is 0 Å². The van der Waals surface area contributed by atoms with E-state index in [-0.39, 0.29) is 23.7 Å². The smallest absolute Gasteiger partial charge is 0.413 e. The minimum atomic E-state index is -0.632. The van der Waals surface area contributed by atoms with Crippen LogP contribution in [0.25, 0.3) is 0 Å². The van der Waals surface area contributed by atoms with Crippen LogP contribution in [-0.2, 0) is 9.53 Å². The standard InChI is InChI=1S/C15H22N4O3S/c1-5-22-15(21)18-14(23)17-12-9-7-6-8-11(12)16-13(20)10(2)19(3)4/h6-10H,5H2,1-4H3,(H,16,20)(H2,17,18,21,23). The van der Waals surface area contributed by atoms with Gasteiger partial charge in [-0.05, 0) is 52.3 Å². The molecule has 0 spiro atoms. The highest BCUT2D eigenvalue weighted by Gasteiger charge is 2.16. The maximum atomic E-state index is 12.2. The Kier molecular flexibility index (Phi) is 7.43. The number of hydrogen-bond acceptors (Lipinski definition) is 5. The van der Waals surface area contributed by atoms with Crippen LogP contribution in [0.1, 0.15) is 13.8 Å². The molecule has 23 heavy (non-hydrogen) atoms. The van der Waals surface area contributed by atoms with Crippen LogP contribution in [0.15, 0.2) is 24.3 Å². The third-order valence-corrected chi connectivity index (χ3v) is 3.28. The molecule has 0 fully saturated rings. The number of nitrogens with one attached hydrogen (secondary N) is 3. The molecule has 0 aliphatic carbocycles. The van der Waals surface area contributed by atoms with Gasteiger partial charge in [-0.1, -0.05) is 12.1 Å². The fourth-order valence-electron chi connectivity index (χ4n) is 1.59. The molecule has 1 rings (SSSR count). The Morgan fingerprint density at radius 3 is 2.30 bits per heavy atom. The molecule has 7 nitrogen and oxygen atoms in total. The van der Waals surface area contributed by atoms with E-state index in [0.29, 0.717) is 11.4 Å². The second-order valence-electron chi connectivity index (χ2n) is 4.97. The van der Waals surface area contributed by atoms with Gasteiger partial charge >= 0.3 is 6.09 Å². The molecule has 0 bridgehead atoms. The monoisotopic (exact) mass is 338 g/mol. The molecule has 3 N–H and O–H groups in total. The van der Waals surface area contributed by atoms with E-state index in [9.17, 15) is 9.59 Å². The van der Waals surface area contributed by atoms with Gasteiger partial charge < -0.3 is 15.4 Å². The van der Waals surface area contributed by atoms with Crippen molar-refractivity contribution in [3.05, 3.63) is 24.3 Å². The van der Waals surface area contributed by atoms with Crippen LogP contribution in [0.3, 0.4) is 0 Å². The summed E-state index contributed by atoms with van der Waals surface area (Å²) in [6, 6.07) is 6.79. The number of carbonyl (C=O) groups is 2. The van der Waals surface area contributed by atoms with Crippen LogP contribution >= 0.6 is 12.2 Å². The number of benzene rings is 1. The zero-order valence-corrected chi connectivity index (χ0v) is 14.5. The summed E-state index contributed by atoms with van der Waals surface area (Å²) >= 11 is 5.05. The van der Waals surface area contributed by atoms with Crippen LogP contribution in [-0.4, -0.2) is 48.8 Å². The van der Waals surface area contributed by atoms with Crippen molar-refractivity contribution in [3.8, 4) is 0 Å². The van der Waals surface area contributed by atoms with Crippen LogP contribution in [0, 0.1) is 0 Å². The fourth-order valence-corrected chi connectivity index (χ4v) is 1.78. The highest BCUT2D eigenvalue weighted by molar-refractivity contribution is 7.80. The third-order valence-electron chi connectivity index (χ3n) is 3.08. The highest BCUT2D eigenvalue weighted by Crippen LogP contribution is 2.21. The molecule has 0 saturated heterocycles. The molecule has 1 aromatic carbocycles. The summed E-state index contributed by atoms with van der Waals surface area (Å²) < 4.78 is 4.75. The molecule has 8 heteroatoms. The summed E-state index contributed by atoms with van der Waals surface area (Å²) in [5.74, 6) is -0.145. The Bertz CT molecular complexity index is 578. The lowest BCUT2D eigenvalue weighted by atomic mass is 10.2. The molecule has 2 amide bonds.